The molecule has 0 saturated heterocycles. The van der Waals surface area contributed by atoms with Crippen LogP contribution in [0.15, 0.2) is 67.0 Å². The number of amides is 2. The molecule has 0 aliphatic heterocycles. The van der Waals surface area contributed by atoms with E-state index in [-0.39, 0.29) is 17.7 Å². The molecule has 0 bridgehead atoms. The van der Waals surface area contributed by atoms with Gasteiger partial charge in [0.1, 0.15) is 17.4 Å². The van der Waals surface area contributed by atoms with Gasteiger partial charge in [0.25, 0.3) is 0 Å². The molecule has 2 amide bonds. The number of hydrogen-bond donors (Lipinski definition) is 3. The van der Waals surface area contributed by atoms with E-state index < -0.39 is 0 Å². The highest BCUT2D eigenvalue weighted by molar-refractivity contribution is 5.83. The predicted molar refractivity (Wildman–Crippen MR) is 113 cm³/mol. The molecule has 158 valence electrons. The van der Waals surface area contributed by atoms with Crippen LogP contribution in [0.25, 0.3) is 10.9 Å². The number of aromatic amines is 1. The van der Waals surface area contributed by atoms with Crippen molar-refractivity contribution in [1.82, 2.24) is 20.6 Å². The van der Waals surface area contributed by atoms with Crippen molar-refractivity contribution in [2.24, 2.45) is 0 Å². The van der Waals surface area contributed by atoms with E-state index in [1.165, 1.54) is 36.4 Å². The van der Waals surface area contributed by atoms with Crippen LogP contribution in [0.2, 0.25) is 0 Å². The third kappa shape index (κ3) is 5.36. The highest BCUT2D eigenvalue weighted by atomic mass is 19.1. The summed E-state index contributed by atoms with van der Waals surface area (Å²) in [6.07, 6.45) is 4.01. The Balaban J connectivity index is 1.25. The maximum absolute atomic E-state index is 13.3. The first-order chi connectivity index (χ1) is 15.1. The molecule has 0 fully saturated rings. The van der Waals surface area contributed by atoms with Gasteiger partial charge in [-0.25, -0.2) is 18.6 Å². The summed E-state index contributed by atoms with van der Waals surface area (Å²) in [5, 5.41) is 6.53. The first kappa shape index (κ1) is 20.3. The van der Waals surface area contributed by atoms with E-state index >= 15 is 0 Å². The number of carbonyl (C=O) groups is 1. The fourth-order valence-electron chi connectivity index (χ4n) is 3.16. The number of rotatable bonds is 7. The van der Waals surface area contributed by atoms with Gasteiger partial charge in [-0.15, -0.1) is 0 Å². The van der Waals surface area contributed by atoms with Crippen molar-refractivity contribution in [3.8, 4) is 11.6 Å². The van der Waals surface area contributed by atoms with Crippen molar-refractivity contribution in [3.63, 3.8) is 0 Å². The summed E-state index contributed by atoms with van der Waals surface area (Å²) in [7, 11) is 0. The molecule has 0 atom stereocenters. The molecule has 31 heavy (non-hydrogen) atoms. The average molecular weight is 422 g/mol. The Kier molecular flexibility index (Phi) is 6.07. The number of H-pyrrole nitrogens is 1. The topological polar surface area (TPSA) is 79.0 Å². The second kappa shape index (κ2) is 9.25. The van der Waals surface area contributed by atoms with Crippen LogP contribution in [0.4, 0.5) is 13.6 Å². The van der Waals surface area contributed by atoms with Crippen LogP contribution in [-0.4, -0.2) is 22.5 Å². The van der Waals surface area contributed by atoms with E-state index in [1.54, 1.807) is 24.4 Å². The van der Waals surface area contributed by atoms with Crippen LogP contribution < -0.4 is 15.4 Å². The van der Waals surface area contributed by atoms with Gasteiger partial charge in [-0.05, 0) is 66.1 Å². The number of nitrogens with one attached hydrogen (secondary N) is 3. The van der Waals surface area contributed by atoms with Gasteiger partial charge in [-0.3, -0.25) is 0 Å². The number of halogens is 2. The zero-order valence-corrected chi connectivity index (χ0v) is 16.5. The number of urea groups is 1. The van der Waals surface area contributed by atoms with Crippen molar-refractivity contribution in [3.05, 3.63) is 89.8 Å². The van der Waals surface area contributed by atoms with E-state index in [2.05, 4.69) is 20.6 Å². The number of pyridine rings is 1. The molecule has 0 unspecified atom stereocenters. The molecule has 2 aromatic carbocycles. The number of aromatic nitrogens is 2. The molecule has 0 radical (unpaired) electrons. The lowest BCUT2D eigenvalue weighted by Gasteiger charge is -2.09. The van der Waals surface area contributed by atoms with Gasteiger partial charge in [0, 0.05) is 42.5 Å². The molecule has 0 aliphatic carbocycles. The van der Waals surface area contributed by atoms with E-state index in [0.717, 1.165) is 22.0 Å². The summed E-state index contributed by atoms with van der Waals surface area (Å²) in [4.78, 5) is 19.3. The SMILES string of the molecule is O=C(NCCc1c[nH]c2cc(F)ccc12)NCc1ccnc(Oc2ccc(F)cc2)c1. The van der Waals surface area contributed by atoms with Crippen LogP contribution in [0, 0.1) is 11.6 Å². The van der Waals surface area contributed by atoms with Crippen LogP contribution in [0.3, 0.4) is 0 Å². The number of hydrogen-bond acceptors (Lipinski definition) is 3. The summed E-state index contributed by atoms with van der Waals surface area (Å²) in [6, 6.07) is 13.4. The third-order valence-electron chi connectivity index (χ3n) is 4.70. The highest BCUT2D eigenvalue weighted by Crippen LogP contribution is 2.21. The largest absolute Gasteiger partial charge is 0.439 e. The zero-order valence-electron chi connectivity index (χ0n) is 16.5. The maximum Gasteiger partial charge on any atom is 0.315 e. The minimum absolute atomic E-state index is 0.291. The molecule has 0 spiro atoms. The minimum Gasteiger partial charge on any atom is -0.439 e. The van der Waals surface area contributed by atoms with Crippen LogP contribution in [0.1, 0.15) is 11.1 Å². The minimum atomic E-state index is -0.345. The van der Waals surface area contributed by atoms with E-state index in [1.807, 2.05) is 6.20 Å². The maximum atomic E-state index is 13.3. The summed E-state index contributed by atoms with van der Waals surface area (Å²) in [5.74, 6) is 0.183. The van der Waals surface area contributed by atoms with Gasteiger partial charge in [-0.1, -0.05) is 0 Å². The summed E-state index contributed by atoms with van der Waals surface area (Å²) in [6.45, 7) is 0.728. The Morgan fingerprint density at radius 1 is 1.00 bits per heavy atom. The van der Waals surface area contributed by atoms with Crippen molar-refractivity contribution in [1.29, 1.82) is 0 Å². The molecule has 3 N–H and O–H groups in total. The van der Waals surface area contributed by atoms with E-state index in [0.29, 0.717) is 31.1 Å². The quantitative estimate of drug-likeness (QED) is 0.405. The first-order valence-electron chi connectivity index (χ1n) is 9.72. The van der Waals surface area contributed by atoms with E-state index in [4.69, 9.17) is 4.74 Å². The lowest BCUT2D eigenvalue weighted by molar-refractivity contribution is 0.240. The molecule has 0 aliphatic rings. The normalized spacial score (nSPS) is 10.8. The standard InChI is InChI=1S/C23H20F2N4O2/c24-17-1-4-19(5-2-17)31-22-11-15(7-9-26-22)13-29-23(30)27-10-8-16-14-28-21-12-18(25)3-6-20(16)21/h1-7,9,11-12,14,28H,8,10,13H2,(H2,27,29,30). The fourth-order valence-corrected chi connectivity index (χ4v) is 3.16. The molecule has 6 nitrogen and oxygen atoms in total. The number of carbonyl (C=O) groups excluding carboxylic acids is 1. The van der Waals surface area contributed by atoms with Gasteiger partial charge in [-0.2, -0.15) is 0 Å². The number of ether oxygens (including phenoxy) is 1. The second-order valence-corrected chi connectivity index (χ2v) is 6.92. The summed E-state index contributed by atoms with van der Waals surface area (Å²) < 4.78 is 31.8. The van der Waals surface area contributed by atoms with Gasteiger partial charge in [0.2, 0.25) is 5.88 Å². The Bertz CT molecular complexity index is 1190. The molecule has 0 saturated carbocycles. The van der Waals surface area contributed by atoms with Crippen LogP contribution in [-0.2, 0) is 13.0 Å². The Labute approximate surface area is 177 Å². The molecule has 8 heteroatoms. The zero-order chi connectivity index (χ0) is 21.6. The number of fused-ring (bicyclic) bond motifs is 1. The Hall–Kier alpha value is -3.94. The van der Waals surface area contributed by atoms with Crippen LogP contribution >= 0.6 is 0 Å². The van der Waals surface area contributed by atoms with Gasteiger partial charge < -0.3 is 20.4 Å². The monoisotopic (exact) mass is 422 g/mol. The smallest absolute Gasteiger partial charge is 0.315 e. The van der Waals surface area contributed by atoms with Gasteiger partial charge in [0.05, 0.1) is 0 Å². The Morgan fingerprint density at radius 3 is 2.65 bits per heavy atom. The highest BCUT2D eigenvalue weighted by Gasteiger charge is 2.07. The molecular formula is C23H20F2N4O2. The summed E-state index contributed by atoms with van der Waals surface area (Å²) in [5.41, 5.74) is 2.55. The van der Waals surface area contributed by atoms with Crippen LogP contribution in [0.5, 0.6) is 11.6 Å². The van der Waals surface area contributed by atoms with Crippen molar-refractivity contribution >= 4 is 16.9 Å². The predicted octanol–water partition coefficient (Wildman–Crippen LogP) is 4.68. The van der Waals surface area contributed by atoms with Crippen molar-refractivity contribution < 1.29 is 18.3 Å². The Morgan fingerprint density at radius 2 is 1.81 bits per heavy atom. The van der Waals surface area contributed by atoms with Gasteiger partial charge in [0.15, 0.2) is 0 Å². The van der Waals surface area contributed by atoms with Gasteiger partial charge >= 0.3 is 6.03 Å². The lowest BCUT2D eigenvalue weighted by atomic mass is 10.1. The average Bonchev–Trinajstić information content (AvgIpc) is 3.16. The molecule has 4 rings (SSSR count). The third-order valence-corrected chi connectivity index (χ3v) is 4.70. The molecule has 2 heterocycles. The summed E-state index contributed by atoms with van der Waals surface area (Å²) >= 11 is 0. The van der Waals surface area contributed by atoms with Crippen molar-refractivity contribution in [2.45, 2.75) is 13.0 Å². The van der Waals surface area contributed by atoms with Crippen molar-refractivity contribution in [2.75, 3.05) is 6.54 Å². The van der Waals surface area contributed by atoms with E-state index in [9.17, 15) is 13.6 Å². The number of nitrogens with zero attached hydrogens (tertiary/aromatic N) is 1. The fraction of sp³-hybridized carbons (Fsp3) is 0.130. The molecule has 4 aromatic rings. The number of benzene rings is 2. The first-order valence-corrected chi connectivity index (χ1v) is 9.72. The molecule has 2 aromatic heterocycles. The second-order valence-electron chi connectivity index (χ2n) is 6.92. The lowest BCUT2D eigenvalue weighted by Crippen LogP contribution is -2.36. The molecular weight excluding hydrogens is 402 g/mol.